The van der Waals surface area contributed by atoms with Crippen LogP contribution in [0, 0.1) is 5.41 Å². The third-order valence-corrected chi connectivity index (χ3v) is 1.52. The summed E-state index contributed by atoms with van der Waals surface area (Å²) in [4.78, 5) is 20.8. The highest BCUT2D eigenvalue weighted by atomic mass is 17.2. The summed E-state index contributed by atoms with van der Waals surface area (Å²) in [5.41, 5.74) is -0.716. The van der Waals surface area contributed by atoms with Crippen LogP contribution in [0.3, 0.4) is 0 Å². The van der Waals surface area contributed by atoms with Crippen LogP contribution in [0.1, 0.15) is 41.0 Å². The second-order valence-electron chi connectivity index (χ2n) is 5.08. The van der Waals surface area contributed by atoms with Crippen LogP contribution in [0.2, 0.25) is 0 Å². The summed E-state index contributed by atoms with van der Waals surface area (Å²) in [5.74, 6) is -0.354. The Morgan fingerprint density at radius 3 is 2.14 bits per heavy atom. The molecule has 0 atom stereocenters. The number of rotatable bonds is 4. The lowest BCUT2D eigenvalue weighted by Crippen LogP contribution is -2.25. The Balaban J connectivity index is 3.93. The van der Waals surface area contributed by atoms with Gasteiger partial charge in [-0.05, 0) is 19.3 Å². The Morgan fingerprint density at radius 1 is 1.29 bits per heavy atom. The topological polar surface area (TPSA) is 35.5 Å². The summed E-state index contributed by atoms with van der Waals surface area (Å²) in [6.45, 7) is 13.0. The quantitative estimate of drug-likeness (QED) is 0.397. The van der Waals surface area contributed by atoms with Gasteiger partial charge in [0.15, 0.2) is 0 Å². The molecule has 0 radical (unpaired) electrons. The van der Waals surface area contributed by atoms with E-state index < -0.39 is 5.60 Å². The van der Waals surface area contributed by atoms with Crippen LogP contribution in [0.5, 0.6) is 0 Å². The molecule has 0 N–H and O–H groups in total. The minimum Gasteiger partial charge on any atom is -0.297 e. The largest absolute Gasteiger partial charge is 0.342 e. The zero-order valence-electron chi connectivity index (χ0n) is 9.72. The lowest BCUT2D eigenvalue weighted by Gasteiger charge is -2.20. The normalized spacial score (nSPS) is 12.4. The number of carbonyl (C=O) groups excluding carboxylic acids is 1. The van der Waals surface area contributed by atoms with Gasteiger partial charge >= 0.3 is 5.97 Å². The Labute approximate surface area is 86.0 Å². The Morgan fingerprint density at radius 2 is 1.79 bits per heavy atom. The van der Waals surface area contributed by atoms with Crippen LogP contribution in [0.25, 0.3) is 0 Å². The smallest absolute Gasteiger partial charge is 0.297 e. The average molecular weight is 200 g/mol. The molecule has 3 nitrogen and oxygen atoms in total. The van der Waals surface area contributed by atoms with E-state index in [-0.39, 0.29) is 11.4 Å². The predicted molar refractivity (Wildman–Crippen MR) is 55.5 cm³/mol. The molecule has 0 spiro atoms. The zero-order chi connectivity index (χ0) is 11.4. The highest BCUT2D eigenvalue weighted by Gasteiger charge is 2.21. The summed E-state index contributed by atoms with van der Waals surface area (Å²) < 4.78 is 0. The molecule has 0 saturated heterocycles. The first-order valence-corrected chi connectivity index (χ1v) is 4.68. The molecular weight excluding hydrogens is 180 g/mol. The molecule has 0 rings (SSSR count). The number of hydrogen-bond donors (Lipinski definition) is 0. The lowest BCUT2D eigenvalue weighted by atomic mass is 9.93. The summed E-state index contributed by atoms with van der Waals surface area (Å²) in [6, 6.07) is 0. The van der Waals surface area contributed by atoms with E-state index in [9.17, 15) is 4.79 Å². The van der Waals surface area contributed by atoms with Crippen LogP contribution in [-0.4, -0.2) is 11.6 Å². The van der Waals surface area contributed by atoms with Gasteiger partial charge in [0.05, 0.1) is 6.42 Å². The third-order valence-electron chi connectivity index (χ3n) is 1.52. The van der Waals surface area contributed by atoms with E-state index in [0.717, 1.165) is 0 Å². The molecule has 0 aromatic heterocycles. The fourth-order valence-electron chi connectivity index (χ4n) is 0.650. The fourth-order valence-corrected chi connectivity index (χ4v) is 0.650. The van der Waals surface area contributed by atoms with Crippen molar-refractivity contribution in [3.05, 3.63) is 12.7 Å². The first kappa shape index (κ1) is 13.2. The van der Waals surface area contributed by atoms with E-state index >= 15 is 0 Å². The molecule has 0 heterocycles. The van der Waals surface area contributed by atoms with Crippen LogP contribution >= 0.6 is 0 Å². The summed E-state index contributed by atoms with van der Waals surface area (Å²) in [7, 11) is 0. The minimum absolute atomic E-state index is 0.0846. The van der Waals surface area contributed by atoms with E-state index in [1.165, 1.54) is 0 Å². The van der Waals surface area contributed by atoms with E-state index in [1.54, 1.807) is 19.9 Å². The zero-order valence-corrected chi connectivity index (χ0v) is 9.72. The van der Waals surface area contributed by atoms with Crippen molar-refractivity contribution < 1.29 is 14.6 Å². The number of hydrogen-bond acceptors (Lipinski definition) is 3. The van der Waals surface area contributed by atoms with Gasteiger partial charge < -0.3 is 0 Å². The molecule has 0 aromatic carbocycles. The van der Waals surface area contributed by atoms with Gasteiger partial charge in [0.25, 0.3) is 0 Å². The van der Waals surface area contributed by atoms with Gasteiger partial charge in [0.1, 0.15) is 5.60 Å². The van der Waals surface area contributed by atoms with E-state index in [0.29, 0.717) is 6.42 Å². The lowest BCUT2D eigenvalue weighted by molar-refractivity contribution is -0.313. The maximum atomic E-state index is 11.2. The van der Waals surface area contributed by atoms with Crippen molar-refractivity contribution >= 4 is 5.97 Å². The molecule has 0 aliphatic rings. The van der Waals surface area contributed by atoms with E-state index in [2.05, 4.69) is 11.5 Å². The number of carbonyl (C=O) groups is 1. The fraction of sp³-hybridized carbons (Fsp3) is 0.727. The maximum Gasteiger partial charge on any atom is 0.342 e. The van der Waals surface area contributed by atoms with Gasteiger partial charge in [-0.3, -0.25) is 4.89 Å². The molecule has 14 heavy (non-hydrogen) atoms. The average Bonchev–Trinajstić information content (AvgIpc) is 1.98. The van der Waals surface area contributed by atoms with Gasteiger partial charge in [0.2, 0.25) is 0 Å². The van der Waals surface area contributed by atoms with Gasteiger partial charge in [-0.1, -0.05) is 26.8 Å². The Hall–Kier alpha value is -0.830. The summed E-state index contributed by atoms with van der Waals surface area (Å²) in [5, 5.41) is 0. The van der Waals surface area contributed by atoms with Crippen molar-refractivity contribution in [1.29, 1.82) is 0 Å². The molecule has 0 bridgehead atoms. The van der Waals surface area contributed by atoms with Gasteiger partial charge in [-0.25, -0.2) is 4.79 Å². The molecule has 0 aliphatic heterocycles. The van der Waals surface area contributed by atoms with Crippen molar-refractivity contribution in [2.75, 3.05) is 0 Å². The molecule has 0 fully saturated rings. The molecule has 0 aliphatic carbocycles. The second kappa shape index (κ2) is 4.60. The minimum atomic E-state index is -0.631. The van der Waals surface area contributed by atoms with Crippen molar-refractivity contribution in [2.45, 2.75) is 46.6 Å². The van der Waals surface area contributed by atoms with Crippen LogP contribution in [-0.2, 0) is 14.6 Å². The Bertz CT molecular complexity index is 211. The standard InChI is InChI=1S/C11H20O3/c1-7-11(5,6)14-13-9(12)8-10(2,3)4/h7H,1,8H2,2-6H3. The van der Waals surface area contributed by atoms with Crippen molar-refractivity contribution in [2.24, 2.45) is 5.41 Å². The second-order valence-corrected chi connectivity index (χ2v) is 5.08. The maximum absolute atomic E-state index is 11.2. The monoisotopic (exact) mass is 200 g/mol. The summed E-state index contributed by atoms with van der Waals surface area (Å²) in [6.07, 6.45) is 1.91. The van der Waals surface area contributed by atoms with E-state index in [1.807, 2.05) is 20.8 Å². The highest BCUT2D eigenvalue weighted by molar-refractivity contribution is 5.69. The molecule has 0 aromatic rings. The molecule has 82 valence electrons. The van der Waals surface area contributed by atoms with E-state index in [4.69, 9.17) is 4.89 Å². The first-order valence-electron chi connectivity index (χ1n) is 4.68. The molecular formula is C11H20O3. The molecule has 3 heteroatoms. The van der Waals surface area contributed by atoms with Gasteiger partial charge in [0, 0.05) is 0 Å². The molecule has 0 saturated carbocycles. The van der Waals surface area contributed by atoms with Crippen molar-refractivity contribution in [1.82, 2.24) is 0 Å². The van der Waals surface area contributed by atoms with Crippen LogP contribution < -0.4 is 0 Å². The van der Waals surface area contributed by atoms with Gasteiger partial charge in [-0.15, -0.1) is 6.58 Å². The Kier molecular flexibility index (Phi) is 4.33. The molecule has 0 amide bonds. The summed E-state index contributed by atoms with van der Waals surface area (Å²) >= 11 is 0. The van der Waals surface area contributed by atoms with Crippen LogP contribution in [0.4, 0.5) is 0 Å². The van der Waals surface area contributed by atoms with Crippen molar-refractivity contribution in [3.8, 4) is 0 Å². The SMILES string of the molecule is C=CC(C)(C)OOC(=O)CC(C)(C)C. The third kappa shape index (κ3) is 6.66. The highest BCUT2D eigenvalue weighted by Crippen LogP contribution is 2.20. The molecule has 0 unspecified atom stereocenters. The van der Waals surface area contributed by atoms with Gasteiger partial charge in [-0.2, -0.15) is 4.89 Å². The predicted octanol–water partition coefficient (Wildman–Crippen LogP) is 2.86. The van der Waals surface area contributed by atoms with Crippen LogP contribution in [0.15, 0.2) is 12.7 Å². The van der Waals surface area contributed by atoms with Crippen molar-refractivity contribution in [3.63, 3.8) is 0 Å². The first-order chi connectivity index (χ1) is 6.16.